The number of nitrogens with zero attached hydrogens (tertiary/aromatic N) is 4. The number of hydrogen-bond donors (Lipinski definition) is 3. The highest BCUT2D eigenvalue weighted by molar-refractivity contribution is 5.95. The topological polar surface area (TPSA) is 137 Å². The second kappa shape index (κ2) is 6.36. The third kappa shape index (κ3) is 3.01. The normalized spacial score (nSPS) is 10.9. The highest BCUT2D eigenvalue weighted by atomic mass is 16.5. The Balaban J connectivity index is 2.39. The molecule has 9 nitrogen and oxygen atoms in total. The lowest BCUT2D eigenvalue weighted by Gasteiger charge is -2.11. The van der Waals surface area contributed by atoms with E-state index in [1.807, 2.05) is 6.07 Å². The first-order valence-corrected chi connectivity index (χ1v) is 6.09. The number of nitriles is 1. The number of carboxylic acid groups (broad SMARTS) is 1. The minimum Gasteiger partial charge on any atom is -0.496 e. The van der Waals surface area contributed by atoms with Gasteiger partial charge in [-0.05, 0) is 29.8 Å². The molecule has 0 bridgehead atoms. The molecule has 2 rings (SSSR count). The zero-order valence-electron chi connectivity index (χ0n) is 11.8. The second-order valence-corrected chi connectivity index (χ2v) is 4.22. The molecule has 0 saturated carbocycles. The van der Waals surface area contributed by atoms with Gasteiger partial charge in [0.2, 0.25) is 5.82 Å². The van der Waals surface area contributed by atoms with E-state index >= 15 is 0 Å². The molecule has 0 radical (unpaired) electrons. The van der Waals surface area contributed by atoms with Gasteiger partial charge in [-0.2, -0.15) is 10.5 Å². The Labute approximate surface area is 125 Å². The number of ether oxygens (including phenoxy) is 1. The van der Waals surface area contributed by atoms with Crippen LogP contribution in [-0.2, 0) is 0 Å². The van der Waals surface area contributed by atoms with E-state index < -0.39 is 5.97 Å². The minimum absolute atomic E-state index is 0.0177. The maximum Gasteiger partial charge on any atom is 0.337 e. The van der Waals surface area contributed by atoms with Gasteiger partial charge in [0.05, 0.1) is 18.4 Å². The van der Waals surface area contributed by atoms with Crippen LogP contribution in [0.1, 0.15) is 21.7 Å². The van der Waals surface area contributed by atoms with Gasteiger partial charge in [0.1, 0.15) is 17.4 Å². The van der Waals surface area contributed by atoms with Crippen molar-refractivity contribution in [1.82, 2.24) is 20.6 Å². The van der Waals surface area contributed by atoms with E-state index in [2.05, 4.69) is 25.9 Å². The summed E-state index contributed by atoms with van der Waals surface area (Å²) in [5.74, 6) is -0.546. The summed E-state index contributed by atoms with van der Waals surface area (Å²) in [4.78, 5) is 11.3. The van der Waals surface area contributed by atoms with Crippen molar-refractivity contribution >= 4 is 17.2 Å². The fourth-order valence-corrected chi connectivity index (χ4v) is 1.78. The SMILES string of the molecule is COc1cc(C(=O)O)c(NC=C(C#N)c2nn[nH]n2)cc1C. The van der Waals surface area contributed by atoms with Crippen LogP contribution in [-0.4, -0.2) is 38.8 Å². The molecule has 1 aromatic heterocycles. The third-order valence-corrected chi connectivity index (χ3v) is 2.84. The van der Waals surface area contributed by atoms with E-state index in [0.29, 0.717) is 11.4 Å². The number of nitrogens with one attached hydrogen (secondary N) is 2. The maximum atomic E-state index is 11.3. The zero-order chi connectivity index (χ0) is 16.1. The zero-order valence-corrected chi connectivity index (χ0v) is 11.8. The molecule has 2 aromatic rings. The number of aromatic nitrogens is 4. The molecule has 22 heavy (non-hydrogen) atoms. The van der Waals surface area contributed by atoms with Crippen LogP contribution in [0.3, 0.4) is 0 Å². The van der Waals surface area contributed by atoms with Gasteiger partial charge in [-0.15, -0.1) is 10.2 Å². The van der Waals surface area contributed by atoms with Gasteiger partial charge in [-0.3, -0.25) is 0 Å². The van der Waals surface area contributed by atoms with E-state index in [-0.39, 0.29) is 17.0 Å². The van der Waals surface area contributed by atoms with Gasteiger partial charge in [0.15, 0.2) is 0 Å². The van der Waals surface area contributed by atoms with Crippen LogP contribution in [0.2, 0.25) is 0 Å². The lowest BCUT2D eigenvalue weighted by atomic mass is 10.1. The van der Waals surface area contributed by atoms with Crippen molar-refractivity contribution in [3.8, 4) is 11.8 Å². The number of allylic oxidation sites excluding steroid dienone is 1. The summed E-state index contributed by atoms with van der Waals surface area (Å²) in [5.41, 5.74) is 1.20. The number of tetrazole rings is 1. The van der Waals surface area contributed by atoms with Crippen LogP contribution < -0.4 is 10.1 Å². The van der Waals surface area contributed by atoms with Crippen LogP contribution >= 0.6 is 0 Å². The smallest absolute Gasteiger partial charge is 0.337 e. The van der Waals surface area contributed by atoms with Crippen LogP contribution in [0.4, 0.5) is 5.69 Å². The van der Waals surface area contributed by atoms with Crippen LogP contribution in [0.25, 0.3) is 5.57 Å². The Morgan fingerprint density at radius 3 is 2.86 bits per heavy atom. The van der Waals surface area contributed by atoms with Gasteiger partial charge < -0.3 is 15.2 Å². The van der Waals surface area contributed by atoms with Gasteiger partial charge >= 0.3 is 5.97 Å². The highest BCUT2D eigenvalue weighted by Gasteiger charge is 2.14. The molecule has 0 aliphatic carbocycles. The van der Waals surface area contributed by atoms with Gasteiger partial charge in [-0.1, -0.05) is 0 Å². The first-order valence-electron chi connectivity index (χ1n) is 6.09. The molecule has 1 aromatic carbocycles. The molecule has 0 fully saturated rings. The van der Waals surface area contributed by atoms with Crippen LogP contribution in [0, 0.1) is 18.3 Å². The molecule has 1 heterocycles. The molecule has 0 unspecified atom stereocenters. The summed E-state index contributed by atoms with van der Waals surface area (Å²) in [7, 11) is 1.46. The first kappa shape index (κ1) is 15.0. The molecule has 0 aliphatic rings. The van der Waals surface area contributed by atoms with Gasteiger partial charge in [0.25, 0.3) is 0 Å². The summed E-state index contributed by atoms with van der Waals surface area (Å²) in [6.07, 6.45) is 1.32. The first-order chi connectivity index (χ1) is 10.6. The predicted octanol–water partition coefficient (Wildman–Crippen LogP) is 1.19. The number of H-pyrrole nitrogens is 1. The third-order valence-electron chi connectivity index (χ3n) is 2.84. The number of methoxy groups -OCH3 is 1. The predicted molar refractivity (Wildman–Crippen MR) is 76.1 cm³/mol. The van der Waals surface area contributed by atoms with E-state index in [0.717, 1.165) is 5.56 Å². The number of aryl methyl sites for hydroxylation is 1. The molecule has 0 saturated heterocycles. The molecule has 0 aliphatic heterocycles. The van der Waals surface area contributed by atoms with Crippen molar-refractivity contribution in [2.45, 2.75) is 6.92 Å². The Bertz CT molecular complexity index is 761. The number of hydrogen-bond acceptors (Lipinski definition) is 7. The van der Waals surface area contributed by atoms with Crippen molar-refractivity contribution in [1.29, 1.82) is 5.26 Å². The molecule has 112 valence electrons. The quantitative estimate of drug-likeness (QED) is 0.700. The number of benzene rings is 1. The summed E-state index contributed by atoms with van der Waals surface area (Å²) in [6.45, 7) is 1.78. The monoisotopic (exact) mass is 300 g/mol. The number of rotatable bonds is 5. The molecule has 0 amide bonds. The van der Waals surface area contributed by atoms with E-state index in [1.54, 1.807) is 13.0 Å². The van der Waals surface area contributed by atoms with Gasteiger partial charge in [0, 0.05) is 6.20 Å². The number of anilines is 1. The maximum absolute atomic E-state index is 11.3. The summed E-state index contributed by atoms with van der Waals surface area (Å²) < 4.78 is 5.11. The van der Waals surface area contributed by atoms with E-state index in [1.165, 1.54) is 19.4 Å². The molecule has 0 atom stereocenters. The number of carboxylic acids is 1. The van der Waals surface area contributed by atoms with Crippen molar-refractivity contribution < 1.29 is 14.6 Å². The second-order valence-electron chi connectivity index (χ2n) is 4.22. The Morgan fingerprint density at radius 2 is 2.32 bits per heavy atom. The number of carbonyl (C=O) groups is 1. The highest BCUT2D eigenvalue weighted by Crippen LogP contribution is 2.27. The lowest BCUT2D eigenvalue weighted by molar-refractivity contribution is 0.0697. The molecule has 9 heteroatoms. The van der Waals surface area contributed by atoms with E-state index in [9.17, 15) is 9.90 Å². The Kier molecular flexibility index (Phi) is 4.33. The van der Waals surface area contributed by atoms with Crippen molar-refractivity contribution in [3.05, 3.63) is 35.3 Å². The van der Waals surface area contributed by atoms with Crippen LogP contribution in [0.15, 0.2) is 18.3 Å². The average Bonchev–Trinajstić information content (AvgIpc) is 3.02. The summed E-state index contributed by atoms with van der Waals surface area (Å²) in [6, 6.07) is 4.93. The molecular weight excluding hydrogens is 288 g/mol. The van der Waals surface area contributed by atoms with E-state index in [4.69, 9.17) is 10.00 Å². The standard InChI is InChI=1S/C13H12N6O3/c1-7-3-10(9(13(20)21)4-11(7)22-2)15-6-8(5-14)12-16-18-19-17-12/h3-4,6,15H,1-2H3,(H,20,21)(H,16,17,18,19). The molecule has 0 spiro atoms. The van der Waals surface area contributed by atoms with Crippen molar-refractivity contribution in [3.63, 3.8) is 0 Å². The molecular formula is C13H12N6O3. The fourth-order valence-electron chi connectivity index (χ4n) is 1.78. The fraction of sp³-hybridized carbons (Fsp3) is 0.154. The van der Waals surface area contributed by atoms with Crippen molar-refractivity contribution in [2.75, 3.05) is 12.4 Å². The summed E-state index contributed by atoms with van der Waals surface area (Å²) in [5, 5.41) is 34.1. The Hall–Kier alpha value is -3.41. The van der Waals surface area contributed by atoms with Gasteiger partial charge in [-0.25, -0.2) is 4.79 Å². The number of aromatic amines is 1. The van der Waals surface area contributed by atoms with Crippen molar-refractivity contribution in [2.24, 2.45) is 0 Å². The summed E-state index contributed by atoms with van der Waals surface area (Å²) >= 11 is 0. The van der Waals surface area contributed by atoms with Crippen LogP contribution in [0.5, 0.6) is 5.75 Å². The lowest BCUT2D eigenvalue weighted by Crippen LogP contribution is -2.04. The molecule has 3 N–H and O–H groups in total. The largest absolute Gasteiger partial charge is 0.496 e. The minimum atomic E-state index is -1.12. The Morgan fingerprint density at radius 1 is 1.55 bits per heavy atom. The number of aromatic carboxylic acids is 1. The average molecular weight is 300 g/mol.